The summed E-state index contributed by atoms with van der Waals surface area (Å²) in [6.07, 6.45) is 6.64. The molecule has 2 fully saturated rings. The van der Waals surface area contributed by atoms with Crippen molar-refractivity contribution in [3.05, 3.63) is 139 Å². The van der Waals surface area contributed by atoms with Crippen molar-refractivity contribution in [2.24, 2.45) is 17.8 Å². The molecule has 2 saturated carbocycles. The molecule has 2 aliphatic rings. The fourth-order valence-corrected chi connectivity index (χ4v) is 9.73. The van der Waals surface area contributed by atoms with Crippen LogP contribution in [0.25, 0.3) is 66.8 Å². The molecule has 248 valence electrons. The van der Waals surface area contributed by atoms with E-state index in [4.69, 9.17) is 15.0 Å². The lowest BCUT2D eigenvalue weighted by Gasteiger charge is -2.50. The molecule has 2 bridgehead atoms. The molecule has 4 atom stereocenters. The maximum Gasteiger partial charge on any atom is 0.164 e. The first-order valence-electron chi connectivity index (χ1n) is 18.3. The molecule has 1 aromatic heterocycles. The SMILES string of the molecule is C[C@@H]1C[C@@H]2C[C@H](C)CC(c3ccc(-c4nc(-c5ccccc5)nc(-c5ccc(-c6c7ccccc7c(C#N)c7ccccc67)cc5)n4)cc3)(C1)C2. The average Bonchev–Trinajstić information content (AvgIpc) is 3.16. The van der Waals surface area contributed by atoms with Crippen LogP contribution in [-0.4, -0.2) is 15.0 Å². The molecule has 0 aliphatic heterocycles. The van der Waals surface area contributed by atoms with Gasteiger partial charge in [-0.2, -0.15) is 5.26 Å². The molecule has 4 heteroatoms. The second-order valence-corrected chi connectivity index (χ2v) is 15.2. The molecule has 2 aliphatic carbocycles. The molecule has 0 radical (unpaired) electrons. The quantitative estimate of drug-likeness (QED) is 0.172. The van der Waals surface area contributed by atoms with Crippen molar-refractivity contribution in [1.82, 2.24) is 15.0 Å². The number of aromatic nitrogens is 3. The van der Waals surface area contributed by atoms with Crippen LogP contribution in [0.4, 0.5) is 0 Å². The van der Waals surface area contributed by atoms with Crippen molar-refractivity contribution < 1.29 is 0 Å². The number of hydrogen-bond donors (Lipinski definition) is 0. The monoisotopic (exact) mass is 660 g/mol. The number of nitriles is 1. The first kappa shape index (κ1) is 31.3. The normalized spacial score (nSPS) is 21.4. The average molecular weight is 661 g/mol. The van der Waals surface area contributed by atoms with Crippen molar-refractivity contribution in [3.63, 3.8) is 0 Å². The van der Waals surface area contributed by atoms with Gasteiger partial charge in [-0.05, 0) is 82.7 Å². The molecule has 7 aromatic rings. The second-order valence-electron chi connectivity index (χ2n) is 15.2. The molecule has 0 spiro atoms. The zero-order chi connectivity index (χ0) is 34.5. The predicted octanol–water partition coefficient (Wildman–Crippen LogP) is 11.8. The largest absolute Gasteiger partial charge is 0.208 e. The van der Waals surface area contributed by atoms with Crippen molar-refractivity contribution in [2.45, 2.75) is 51.4 Å². The van der Waals surface area contributed by atoms with Crippen LogP contribution in [0.15, 0.2) is 127 Å². The Morgan fingerprint density at radius 1 is 0.510 bits per heavy atom. The third-order valence-corrected chi connectivity index (χ3v) is 11.5. The Kier molecular flexibility index (Phi) is 7.73. The summed E-state index contributed by atoms with van der Waals surface area (Å²) in [5.74, 6) is 4.39. The van der Waals surface area contributed by atoms with Gasteiger partial charge >= 0.3 is 0 Å². The van der Waals surface area contributed by atoms with Crippen molar-refractivity contribution in [3.8, 4) is 51.4 Å². The number of benzene rings is 6. The summed E-state index contributed by atoms with van der Waals surface area (Å²) in [7, 11) is 0. The van der Waals surface area contributed by atoms with Gasteiger partial charge in [-0.15, -0.1) is 0 Å². The van der Waals surface area contributed by atoms with Gasteiger partial charge in [0.15, 0.2) is 17.5 Å². The van der Waals surface area contributed by atoms with Crippen LogP contribution in [-0.2, 0) is 5.41 Å². The molecule has 0 saturated heterocycles. The molecule has 0 N–H and O–H groups in total. The fraction of sp³-hybridized carbons (Fsp3) is 0.234. The molecule has 9 rings (SSSR count). The van der Waals surface area contributed by atoms with Gasteiger partial charge in [-0.25, -0.2) is 15.0 Å². The van der Waals surface area contributed by atoms with Crippen LogP contribution in [0.3, 0.4) is 0 Å². The van der Waals surface area contributed by atoms with Crippen molar-refractivity contribution >= 4 is 21.5 Å². The summed E-state index contributed by atoms with van der Waals surface area (Å²) in [6, 6.07) is 46.8. The Morgan fingerprint density at radius 3 is 1.45 bits per heavy atom. The fourth-order valence-electron chi connectivity index (χ4n) is 9.73. The van der Waals surface area contributed by atoms with Crippen LogP contribution in [0.2, 0.25) is 0 Å². The standard InChI is InChI=1S/C47H40N4/c1-30-24-32-25-31(2)27-47(26-30,28-32)37-22-20-36(21-23-37)46-50-44(34-10-4-3-5-11-34)49-45(51-46)35-18-16-33(17-19-35)43-40-14-8-6-12-38(40)42(29-48)39-13-7-9-15-41(39)43/h3-23,30-32H,24-28H2,1-2H3/t30-,31+,32-,47?. The predicted molar refractivity (Wildman–Crippen MR) is 208 cm³/mol. The first-order chi connectivity index (χ1) is 25.0. The lowest BCUT2D eigenvalue weighted by atomic mass is 9.54. The van der Waals surface area contributed by atoms with Gasteiger partial charge in [0.05, 0.1) is 5.56 Å². The van der Waals surface area contributed by atoms with E-state index >= 15 is 0 Å². The highest BCUT2D eigenvalue weighted by atomic mass is 15.0. The topological polar surface area (TPSA) is 62.5 Å². The summed E-state index contributed by atoms with van der Waals surface area (Å²) < 4.78 is 0. The van der Waals surface area contributed by atoms with Crippen molar-refractivity contribution in [2.75, 3.05) is 0 Å². The molecule has 6 aromatic carbocycles. The molecule has 51 heavy (non-hydrogen) atoms. The van der Waals surface area contributed by atoms with Crippen LogP contribution in [0.1, 0.15) is 57.1 Å². The third kappa shape index (κ3) is 5.58. The summed E-state index contributed by atoms with van der Waals surface area (Å²) in [4.78, 5) is 15.1. The van der Waals surface area contributed by atoms with Gasteiger partial charge in [0.2, 0.25) is 0 Å². The Morgan fingerprint density at radius 2 is 0.941 bits per heavy atom. The molecule has 4 nitrogen and oxygen atoms in total. The highest BCUT2D eigenvalue weighted by molar-refractivity contribution is 6.16. The number of rotatable bonds is 5. The minimum atomic E-state index is 0.283. The second kappa shape index (κ2) is 12.6. The Bertz CT molecular complexity index is 2370. The summed E-state index contributed by atoms with van der Waals surface area (Å²) >= 11 is 0. The van der Waals surface area contributed by atoms with E-state index in [0.717, 1.165) is 67.1 Å². The number of fused-ring (bicyclic) bond motifs is 4. The van der Waals surface area contributed by atoms with Gasteiger partial charge < -0.3 is 0 Å². The van der Waals surface area contributed by atoms with Gasteiger partial charge in [0, 0.05) is 27.5 Å². The smallest absolute Gasteiger partial charge is 0.164 e. The zero-order valence-electron chi connectivity index (χ0n) is 29.2. The van der Waals surface area contributed by atoms with Crippen LogP contribution in [0, 0.1) is 29.1 Å². The van der Waals surface area contributed by atoms with Crippen LogP contribution < -0.4 is 0 Å². The maximum absolute atomic E-state index is 10.1. The molecular formula is C47H40N4. The highest BCUT2D eigenvalue weighted by Gasteiger charge is 2.45. The Balaban J connectivity index is 1.12. The van der Waals surface area contributed by atoms with Gasteiger partial charge in [-0.1, -0.05) is 141 Å². The Hall–Kier alpha value is -5.66. The highest BCUT2D eigenvalue weighted by Crippen LogP contribution is 2.54. The molecule has 1 unspecified atom stereocenters. The van der Waals surface area contributed by atoms with E-state index in [1.54, 1.807) is 0 Å². The maximum atomic E-state index is 10.1. The van der Waals surface area contributed by atoms with Gasteiger partial charge in [-0.3, -0.25) is 0 Å². The van der Waals surface area contributed by atoms with E-state index in [-0.39, 0.29) is 5.41 Å². The van der Waals surface area contributed by atoms with Crippen LogP contribution in [0.5, 0.6) is 0 Å². The minimum absolute atomic E-state index is 0.283. The van der Waals surface area contributed by atoms with E-state index < -0.39 is 0 Å². The molecule has 1 heterocycles. The first-order valence-corrected chi connectivity index (χ1v) is 18.3. The molecule has 0 amide bonds. The Labute approximate surface area is 299 Å². The zero-order valence-corrected chi connectivity index (χ0v) is 29.2. The molecular weight excluding hydrogens is 621 g/mol. The summed E-state index contributed by atoms with van der Waals surface area (Å²) in [5, 5.41) is 14.2. The van der Waals surface area contributed by atoms with Crippen molar-refractivity contribution in [1.29, 1.82) is 5.26 Å². The van der Waals surface area contributed by atoms with E-state index in [9.17, 15) is 5.26 Å². The number of hydrogen-bond acceptors (Lipinski definition) is 4. The minimum Gasteiger partial charge on any atom is -0.208 e. The van der Waals surface area contributed by atoms with E-state index in [0.29, 0.717) is 23.0 Å². The summed E-state index contributed by atoms with van der Waals surface area (Å²) in [5.41, 5.74) is 7.58. The lowest BCUT2D eigenvalue weighted by molar-refractivity contribution is 0.0780. The van der Waals surface area contributed by atoms with E-state index in [1.807, 2.05) is 54.6 Å². The third-order valence-electron chi connectivity index (χ3n) is 11.5. The van der Waals surface area contributed by atoms with Crippen LogP contribution >= 0.6 is 0 Å². The summed E-state index contributed by atoms with van der Waals surface area (Å²) in [6.45, 7) is 4.90. The van der Waals surface area contributed by atoms with Gasteiger partial charge in [0.1, 0.15) is 6.07 Å². The van der Waals surface area contributed by atoms with E-state index in [1.165, 1.54) is 37.7 Å². The number of nitrogens with zero attached hydrogens (tertiary/aromatic N) is 4. The van der Waals surface area contributed by atoms with Gasteiger partial charge in [0.25, 0.3) is 0 Å². The van der Waals surface area contributed by atoms with E-state index in [2.05, 4.69) is 92.7 Å². The lowest BCUT2D eigenvalue weighted by Crippen LogP contribution is -2.42.